The van der Waals surface area contributed by atoms with Gasteiger partial charge in [0, 0.05) is 13.1 Å². The van der Waals surface area contributed by atoms with Gasteiger partial charge < -0.3 is 4.90 Å². The molecule has 1 heterocycles. The van der Waals surface area contributed by atoms with Crippen LogP contribution in [0.3, 0.4) is 0 Å². The average Bonchev–Trinajstić information content (AvgIpc) is 3.19. The van der Waals surface area contributed by atoms with Crippen molar-refractivity contribution in [2.75, 3.05) is 6.54 Å². The highest BCUT2D eigenvalue weighted by Crippen LogP contribution is 2.13. The minimum Gasteiger partial charge on any atom is -0.331 e. The van der Waals surface area contributed by atoms with Gasteiger partial charge in [-0.25, -0.2) is 9.67 Å². The second-order valence-electron chi connectivity index (χ2n) is 7.18. The van der Waals surface area contributed by atoms with E-state index >= 15 is 0 Å². The molecule has 5 heteroatoms. The summed E-state index contributed by atoms with van der Waals surface area (Å²) in [6.45, 7) is 2.98. The normalized spacial score (nSPS) is 10.7. The van der Waals surface area contributed by atoms with Crippen molar-refractivity contribution >= 4 is 5.91 Å². The summed E-state index contributed by atoms with van der Waals surface area (Å²) < 4.78 is 1.71. The van der Waals surface area contributed by atoms with Crippen molar-refractivity contribution in [2.24, 2.45) is 0 Å². The first-order chi connectivity index (χ1) is 14.7. The predicted octanol–water partition coefficient (Wildman–Crippen LogP) is 4.46. The summed E-state index contributed by atoms with van der Waals surface area (Å²) in [7, 11) is 0. The smallest absolute Gasteiger partial charge is 0.293 e. The maximum Gasteiger partial charge on any atom is 0.293 e. The second kappa shape index (κ2) is 9.18. The third kappa shape index (κ3) is 4.63. The molecule has 1 amide bonds. The van der Waals surface area contributed by atoms with E-state index in [9.17, 15) is 4.79 Å². The lowest BCUT2D eigenvalue weighted by atomic mass is 10.1. The highest BCUT2D eigenvalue weighted by molar-refractivity contribution is 5.90. The number of hydrogen-bond acceptors (Lipinski definition) is 3. The van der Waals surface area contributed by atoms with Crippen LogP contribution in [0.2, 0.25) is 0 Å². The van der Waals surface area contributed by atoms with Gasteiger partial charge in [0.2, 0.25) is 5.82 Å². The molecule has 0 radical (unpaired) electrons. The van der Waals surface area contributed by atoms with Crippen molar-refractivity contribution in [3.63, 3.8) is 0 Å². The van der Waals surface area contributed by atoms with Crippen LogP contribution in [0.4, 0.5) is 0 Å². The van der Waals surface area contributed by atoms with Crippen LogP contribution in [0.15, 0.2) is 91.0 Å². The summed E-state index contributed by atoms with van der Waals surface area (Å²) in [6, 6.07) is 30.0. The summed E-state index contributed by atoms with van der Waals surface area (Å²) in [5.74, 6) is 0.750. The molecule has 0 unspecified atom stereocenters. The van der Waals surface area contributed by atoms with Crippen LogP contribution >= 0.6 is 0 Å². The maximum absolute atomic E-state index is 13.4. The van der Waals surface area contributed by atoms with Crippen LogP contribution in [0.1, 0.15) is 27.6 Å². The Morgan fingerprint density at radius 2 is 1.40 bits per heavy atom. The number of para-hydroxylation sites is 1. The molecule has 5 nitrogen and oxygen atoms in total. The molecule has 1 aromatic heterocycles. The minimum absolute atomic E-state index is 0.160. The van der Waals surface area contributed by atoms with Gasteiger partial charge in [-0.05, 0) is 36.6 Å². The van der Waals surface area contributed by atoms with E-state index in [-0.39, 0.29) is 11.7 Å². The number of carbonyl (C=O) groups excluding carboxylic acids is 1. The van der Waals surface area contributed by atoms with E-state index < -0.39 is 0 Å². The molecule has 0 aliphatic rings. The Balaban J connectivity index is 1.58. The number of benzene rings is 3. The third-order valence-electron chi connectivity index (χ3n) is 4.98. The van der Waals surface area contributed by atoms with Crippen LogP contribution < -0.4 is 0 Å². The van der Waals surface area contributed by atoms with E-state index in [2.05, 4.69) is 22.2 Å². The molecule has 150 valence electrons. The summed E-state index contributed by atoms with van der Waals surface area (Å²) >= 11 is 0. The van der Waals surface area contributed by atoms with Gasteiger partial charge in [0.15, 0.2) is 0 Å². The molecular formula is C25H24N4O. The molecule has 0 saturated carbocycles. The van der Waals surface area contributed by atoms with Crippen LogP contribution in [0, 0.1) is 6.92 Å². The Kier molecular flexibility index (Phi) is 5.99. The third-order valence-corrected chi connectivity index (χ3v) is 4.98. The minimum atomic E-state index is -0.160. The fourth-order valence-electron chi connectivity index (χ4n) is 3.40. The van der Waals surface area contributed by atoms with Gasteiger partial charge in [0.05, 0.1) is 5.69 Å². The highest BCUT2D eigenvalue weighted by atomic mass is 16.2. The van der Waals surface area contributed by atoms with Gasteiger partial charge in [-0.2, -0.15) is 0 Å². The van der Waals surface area contributed by atoms with Crippen molar-refractivity contribution in [3.8, 4) is 5.69 Å². The monoisotopic (exact) mass is 396 g/mol. The summed E-state index contributed by atoms with van der Waals surface area (Å²) in [5, 5.41) is 4.51. The lowest BCUT2D eigenvalue weighted by Gasteiger charge is -2.21. The molecule has 0 atom stereocenters. The molecule has 3 aromatic carbocycles. The molecule has 0 N–H and O–H groups in total. The van der Waals surface area contributed by atoms with Crippen molar-refractivity contribution in [1.82, 2.24) is 19.7 Å². The van der Waals surface area contributed by atoms with E-state index in [1.54, 1.807) is 4.68 Å². The first kappa shape index (κ1) is 19.6. The number of carbonyl (C=O) groups is 1. The molecular weight excluding hydrogens is 372 g/mol. The second-order valence-corrected chi connectivity index (χ2v) is 7.18. The van der Waals surface area contributed by atoms with Crippen LogP contribution in [0.25, 0.3) is 5.69 Å². The Labute approximate surface area is 176 Å². The fraction of sp³-hybridized carbons (Fsp3) is 0.160. The first-order valence-corrected chi connectivity index (χ1v) is 10.1. The van der Waals surface area contributed by atoms with Gasteiger partial charge in [0.1, 0.15) is 5.82 Å². The topological polar surface area (TPSA) is 51.0 Å². The van der Waals surface area contributed by atoms with Crippen LogP contribution in [-0.2, 0) is 13.0 Å². The summed E-state index contributed by atoms with van der Waals surface area (Å²) in [6.07, 6.45) is 0.776. The van der Waals surface area contributed by atoms with Crippen molar-refractivity contribution < 1.29 is 4.79 Å². The van der Waals surface area contributed by atoms with Gasteiger partial charge in [0.25, 0.3) is 5.91 Å². The maximum atomic E-state index is 13.4. The average molecular weight is 396 g/mol. The molecule has 0 fully saturated rings. The number of hydrogen-bond donors (Lipinski definition) is 0. The van der Waals surface area contributed by atoms with Gasteiger partial charge in [-0.1, -0.05) is 78.9 Å². The lowest BCUT2D eigenvalue weighted by molar-refractivity contribution is 0.0732. The van der Waals surface area contributed by atoms with Crippen molar-refractivity contribution in [2.45, 2.75) is 19.9 Å². The molecule has 4 rings (SSSR count). The molecule has 0 aliphatic carbocycles. The number of rotatable bonds is 7. The first-order valence-electron chi connectivity index (χ1n) is 10.1. The van der Waals surface area contributed by atoms with E-state index in [1.807, 2.05) is 90.7 Å². The zero-order chi connectivity index (χ0) is 20.8. The standard InChI is InChI=1S/C25H24N4O/c1-20-26-24(27-29(20)23-15-9-4-10-16-23)25(30)28(19-22-13-7-3-8-14-22)18-17-21-11-5-2-6-12-21/h2-16H,17-19H2,1H3. The Morgan fingerprint density at radius 3 is 2.03 bits per heavy atom. The van der Waals surface area contributed by atoms with Crippen molar-refractivity contribution in [1.29, 1.82) is 0 Å². The molecule has 0 aliphatic heterocycles. The number of nitrogens with zero attached hydrogens (tertiary/aromatic N) is 4. The Morgan fingerprint density at radius 1 is 0.833 bits per heavy atom. The zero-order valence-corrected chi connectivity index (χ0v) is 17.0. The largest absolute Gasteiger partial charge is 0.331 e. The number of aryl methyl sites for hydroxylation is 1. The van der Waals surface area contributed by atoms with E-state index in [0.29, 0.717) is 18.9 Å². The molecule has 0 bridgehead atoms. The Hall–Kier alpha value is -3.73. The summed E-state index contributed by atoms with van der Waals surface area (Å²) in [5.41, 5.74) is 3.17. The molecule has 0 saturated heterocycles. The SMILES string of the molecule is Cc1nc(C(=O)N(CCc2ccccc2)Cc2ccccc2)nn1-c1ccccc1. The number of aromatic nitrogens is 3. The van der Waals surface area contributed by atoms with Gasteiger partial charge in [-0.15, -0.1) is 5.10 Å². The molecule has 30 heavy (non-hydrogen) atoms. The zero-order valence-electron chi connectivity index (χ0n) is 17.0. The number of amides is 1. The predicted molar refractivity (Wildman–Crippen MR) is 117 cm³/mol. The fourth-order valence-corrected chi connectivity index (χ4v) is 3.40. The molecule has 4 aromatic rings. The van der Waals surface area contributed by atoms with Crippen molar-refractivity contribution in [3.05, 3.63) is 114 Å². The lowest BCUT2D eigenvalue weighted by Crippen LogP contribution is -2.33. The van der Waals surface area contributed by atoms with Crippen LogP contribution in [0.5, 0.6) is 0 Å². The summed E-state index contributed by atoms with van der Waals surface area (Å²) in [4.78, 5) is 19.6. The van der Waals surface area contributed by atoms with E-state index in [4.69, 9.17) is 0 Å². The molecule has 0 spiro atoms. The Bertz CT molecular complexity index is 1090. The van der Waals surface area contributed by atoms with Crippen LogP contribution in [-0.4, -0.2) is 32.1 Å². The van der Waals surface area contributed by atoms with Gasteiger partial charge >= 0.3 is 0 Å². The highest BCUT2D eigenvalue weighted by Gasteiger charge is 2.22. The van der Waals surface area contributed by atoms with E-state index in [1.165, 1.54) is 5.56 Å². The van der Waals surface area contributed by atoms with E-state index in [0.717, 1.165) is 17.7 Å². The quantitative estimate of drug-likeness (QED) is 0.463. The van der Waals surface area contributed by atoms with Gasteiger partial charge in [-0.3, -0.25) is 4.79 Å².